The Morgan fingerprint density at radius 1 is 1.11 bits per heavy atom. The van der Waals surface area contributed by atoms with Crippen LogP contribution in [0.2, 0.25) is 0 Å². The molecule has 0 spiro atoms. The predicted octanol–water partition coefficient (Wildman–Crippen LogP) is 4.07. The van der Waals surface area contributed by atoms with Crippen molar-refractivity contribution >= 4 is 50.8 Å². The predicted molar refractivity (Wildman–Crippen MR) is 112 cm³/mol. The summed E-state index contributed by atoms with van der Waals surface area (Å²) in [5, 5.41) is -0.406. The highest BCUT2D eigenvalue weighted by atomic mass is 79.9. The molecule has 1 fully saturated rings. The van der Waals surface area contributed by atoms with Crippen LogP contribution in [0.15, 0.2) is 57.9 Å². The Bertz CT molecular complexity index is 1000. The third-order valence-corrected chi connectivity index (χ3v) is 6.20. The van der Waals surface area contributed by atoms with E-state index in [1.807, 2.05) is 42.5 Å². The minimum Gasteiger partial charge on any atom is -0.336 e. The SMILES string of the molecule is O=C(CN1C(=O)S/C(=C/c2cccc(Br)c2)C1=O)N1CCc2ccccc2C1. The van der Waals surface area contributed by atoms with Crippen LogP contribution in [0, 0.1) is 0 Å². The number of imide groups is 1. The van der Waals surface area contributed by atoms with E-state index in [1.54, 1.807) is 11.0 Å². The number of fused-ring (bicyclic) bond motifs is 1. The van der Waals surface area contributed by atoms with Crippen LogP contribution >= 0.6 is 27.7 Å². The van der Waals surface area contributed by atoms with Gasteiger partial charge in [-0.25, -0.2) is 0 Å². The molecule has 0 aromatic heterocycles. The number of benzene rings is 2. The monoisotopic (exact) mass is 456 g/mol. The molecule has 142 valence electrons. The van der Waals surface area contributed by atoms with Crippen LogP contribution < -0.4 is 0 Å². The molecule has 0 bridgehead atoms. The first kappa shape index (κ1) is 19.0. The molecular formula is C21H17BrN2O3S. The minimum atomic E-state index is -0.416. The Labute approximate surface area is 175 Å². The van der Waals surface area contributed by atoms with Crippen molar-refractivity contribution in [1.29, 1.82) is 0 Å². The van der Waals surface area contributed by atoms with Gasteiger partial charge in [0.25, 0.3) is 11.1 Å². The fourth-order valence-electron chi connectivity index (χ4n) is 3.33. The van der Waals surface area contributed by atoms with Crippen molar-refractivity contribution in [3.63, 3.8) is 0 Å². The molecule has 2 aliphatic rings. The van der Waals surface area contributed by atoms with Gasteiger partial charge >= 0.3 is 0 Å². The number of hydrogen-bond donors (Lipinski definition) is 0. The maximum absolute atomic E-state index is 12.7. The number of rotatable bonds is 3. The van der Waals surface area contributed by atoms with Crippen molar-refractivity contribution in [3.05, 3.63) is 74.6 Å². The van der Waals surface area contributed by atoms with Crippen LogP contribution in [0.3, 0.4) is 0 Å². The van der Waals surface area contributed by atoms with Crippen molar-refractivity contribution in [3.8, 4) is 0 Å². The lowest BCUT2D eigenvalue weighted by atomic mass is 10.00. The molecule has 0 N–H and O–H groups in total. The fourth-order valence-corrected chi connectivity index (χ4v) is 4.58. The molecule has 7 heteroatoms. The molecule has 2 aliphatic heterocycles. The summed E-state index contributed by atoms with van der Waals surface area (Å²) in [6.07, 6.45) is 2.46. The third kappa shape index (κ3) is 3.91. The number of amides is 3. The van der Waals surface area contributed by atoms with Gasteiger partial charge in [0.15, 0.2) is 0 Å². The normalized spacial score (nSPS) is 18.0. The van der Waals surface area contributed by atoms with E-state index in [9.17, 15) is 14.4 Å². The van der Waals surface area contributed by atoms with Gasteiger partial charge in [0.2, 0.25) is 5.91 Å². The molecule has 2 aromatic carbocycles. The molecule has 4 rings (SSSR count). The fraction of sp³-hybridized carbons (Fsp3) is 0.190. The van der Waals surface area contributed by atoms with E-state index in [-0.39, 0.29) is 12.5 Å². The molecular weight excluding hydrogens is 440 g/mol. The van der Waals surface area contributed by atoms with E-state index < -0.39 is 11.1 Å². The first-order chi connectivity index (χ1) is 13.5. The molecule has 1 saturated heterocycles. The minimum absolute atomic E-state index is 0.208. The molecule has 5 nitrogen and oxygen atoms in total. The quantitative estimate of drug-likeness (QED) is 0.653. The second kappa shape index (κ2) is 7.93. The van der Waals surface area contributed by atoms with Crippen LogP contribution in [0.1, 0.15) is 16.7 Å². The zero-order valence-corrected chi connectivity index (χ0v) is 17.3. The summed E-state index contributed by atoms with van der Waals surface area (Å²) < 4.78 is 0.890. The average Bonchev–Trinajstić information content (AvgIpc) is 2.95. The van der Waals surface area contributed by atoms with Crippen LogP contribution in [0.4, 0.5) is 4.79 Å². The Morgan fingerprint density at radius 3 is 2.68 bits per heavy atom. The maximum Gasteiger partial charge on any atom is 0.294 e. The maximum atomic E-state index is 12.7. The van der Waals surface area contributed by atoms with Gasteiger partial charge in [-0.2, -0.15) is 0 Å². The van der Waals surface area contributed by atoms with Gasteiger partial charge in [-0.1, -0.05) is 52.3 Å². The van der Waals surface area contributed by atoms with E-state index in [0.29, 0.717) is 18.0 Å². The van der Waals surface area contributed by atoms with E-state index in [2.05, 4.69) is 22.0 Å². The first-order valence-electron chi connectivity index (χ1n) is 8.87. The molecule has 3 amide bonds. The lowest BCUT2D eigenvalue weighted by Crippen LogP contribution is -2.44. The van der Waals surface area contributed by atoms with E-state index in [4.69, 9.17) is 0 Å². The highest BCUT2D eigenvalue weighted by Crippen LogP contribution is 2.32. The highest BCUT2D eigenvalue weighted by molar-refractivity contribution is 9.10. The summed E-state index contributed by atoms with van der Waals surface area (Å²) in [6.45, 7) is 0.891. The number of nitrogens with zero attached hydrogens (tertiary/aromatic N) is 2. The molecule has 0 unspecified atom stereocenters. The number of carbonyl (C=O) groups is 3. The van der Waals surface area contributed by atoms with Crippen LogP contribution in [0.5, 0.6) is 0 Å². The lowest BCUT2D eigenvalue weighted by Gasteiger charge is -2.29. The average molecular weight is 457 g/mol. The molecule has 0 saturated carbocycles. The number of thioether (sulfide) groups is 1. The summed E-state index contributed by atoms with van der Waals surface area (Å²) in [6, 6.07) is 15.5. The Balaban J connectivity index is 1.46. The van der Waals surface area contributed by atoms with E-state index in [0.717, 1.165) is 38.7 Å². The molecule has 0 atom stereocenters. The van der Waals surface area contributed by atoms with Gasteiger partial charge in [-0.3, -0.25) is 19.3 Å². The number of carbonyl (C=O) groups excluding carboxylic acids is 3. The molecule has 0 aliphatic carbocycles. The number of hydrogen-bond acceptors (Lipinski definition) is 4. The second-order valence-corrected chi connectivity index (χ2v) is 8.57. The van der Waals surface area contributed by atoms with Gasteiger partial charge in [-0.05, 0) is 53.1 Å². The zero-order valence-electron chi connectivity index (χ0n) is 14.9. The van der Waals surface area contributed by atoms with Crippen LogP contribution in [-0.4, -0.2) is 39.9 Å². The summed E-state index contributed by atoms with van der Waals surface area (Å²) in [7, 11) is 0. The first-order valence-corrected chi connectivity index (χ1v) is 10.5. The smallest absolute Gasteiger partial charge is 0.294 e. The Morgan fingerprint density at radius 2 is 1.89 bits per heavy atom. The van der Waals surface area contributed by atoms with Crippen molar-refractivity contribution in [2.45, 2.75) is 13.0 Å². The van der Waals surface area contributed by atoms with Gasteiger partial charge < -0.3 is 4.90 Å². The Hall–Kier alpha value is -2.38. The van der Waals surface area contributed by atoms with Gasteiger partial charge in [-0.15, -0.1) is 0 Å². The Kier molecular flexibility index (Phi) is 5.37. The molecule has 0 radical (unpaired) electrons. The van der Waals surface area contributed by atoms with Crippen molar-refractivity contribution in [2.75, 3.05) is 13.1 Å². The van der Waals surface area contributed by atoms with E-state index >= 15 is 0 Å². The number of halogens is 1. The van der Waals surface area contributed by atoms with Crippen molar-refractivity contribution in [1.82, 2.24) is 9.80 Å². The summed E-state index contributed by atoms with van der Waals surface area (Å²) in [5.41, 5.74) is 3.18. The highest BCUT2D eigenvalue weighted by Gasteiger charge is 2.37. The lowest BCUT2D eigenvalue weighted by molar-refractivity contribution is -0.136. The second-order valence-electron chi connectivity index (χ2n) is 6.66. The summed E-state index contributed by atoms with van der Waals surface area (Å²) in [4.78, 5) is 40.8. The van der Waals surface area contributed by atoms with E-state index in [1.165, 1.54) is 5.56 Å². The van der Waals surface area contributed by atoms with Crippen LogP contribution in [-0.2, 0) is 22.6 Å². The molecule has 2 heterocycles. The topological polar surface area (TPSA) is 57.7 Å². The summed E-state index contributed by atoms with van der Waals surface area (Å²) in [5.74, 6) is -0.624. The summed E-state index contributed by atoms with van der Waals surface area (Å²) >= 11 is 4.26. The standard InChI is InChI=1S/C21H17BrN2O3S/c22-17-7-3-4-14(10-17)11-18-20(26)24(21(27)28-18)13-19(25)23-9-8-15-5-1-2-6-16(15)12-23/h1-7,10-11H,8-9,12-13H2/b18-11+. The van der Waals surface area contributed by atoms with Gasteiger partial charge in [0.05, 0.1) is 4.91 Å². The zero-order chi connectivity index (χ0) is 19.7. The molecule has 2 aromatic rings. The van der Waals surface area contributed by atoms with Crippen molar-refractivity contribution in [2.24, 2.45) is 0 Å². The van der Waals surface area contributed by atoms with Crippen molar-refractivity contribution < 1.29 is 14.4 Å². The van der Waals surface area contributed by atoms with Gasteiger partial charge in [0, 0.05) is 17.6 Å². The molecule has 28 heavy (non-hydrogen) atoms. The van der Waals surface area contributed by atoms with Gasteiger partial charge in [0.1, 0.15) is 6.54 Å². The third-order valence-electron chi connectivity index (χ3n) is 4.80. The largest absolute Gasteiger partial charge is 0.336 e. The van der Waals surface area contributed by atoms with Crippen LogP contribution in [0.25, 0.3) is 6.08 Å².